The molecule has 5 aliphatic rings. The summed E-state index contributed by atoms with van der Waals surface area (Å²) in [6.07, 6.45) is 3.94. The van der Waals surface area contributed by atoms with Crippen LogP contribution in [0.15, 0.2) is 30.4 Å². The minimum Gasteiger partial charge on any atom is -0.444 e. The van der Waals surface area contributed by atoms with Crippen LogP contribution >= 0.6 is 0 Å². The summed E-state index contributed by atoms with van der Waals surface area (Å²) in [5.41, 5.74) is -1.41. The van der Waals surface area contributed by atoms with Crippen LogP contribution in [0.5, 0.6) is 0 Å². The summed E-state index contributed by atoms with van der Waals surface area (Å²) in [5.74, 6) is -3.41. The van der Waals surface area contributed by atoms with Crippen LogP contribution in [0.1, 0.15) is 102 Å². The third kappa shape index (κ3) is 8.22. The van der Waals surface area contributed by atoms with Gasteiger partial charge in [0.1, 0.15) is 35.1 Å². The number of benzene rings is 1. The topological polar surface area (TPSA) is 181 Å². The SMILES string of the molecule is C[C@H]1CC/C=C\[C@@H]2C[C@@]2(C(=O)NS(=O)(=O)C2(C)CC2)NC(=O)[C@@H]2C[C@@H](OC(=O)N3Cc4cccc(F)c4C3)CN2C(=O)[C@@H](NC(=O)OC(C)(C)C)[C@H](C)C1.[HH].[HH].[HH]. The summed E-state index contributed by atoms with van der Waals surface area (Å²) < 4.78 is 53.2. The first kappa shape index (κ1) is 39.5. The van der Waals surface area contributed by atoms with Gasteiger partial charge >= 0.3 is 12.2 Å². The average molecular weight is 780 g/mol. The van der Waals surface area contributed by atoms with Crippen LogP contribution in [-0.2, 0) is 47.0 Å². The van der Waals surface area contributed by atoms with Gasteiger partial charge in [-0.3, -0.25) is 24.0 Å². The van der Waals surface area contributed by atoms with Gasteiger partial charge in [-0.2, -0.15) is 0 Å². The second-order valence-corrected chi connectivity index (χ2v) is 19.3. The van der Waals surface area contributed by atoms with E-state index in [1.165, 1.54) is 15.9 Å². The number of carbonyl (C=O) groups is 5. The Hall–Kier alpha value is -4.21. The Morgan fingerprint density at radius 2 is 1.81 bits per heavy atom. The summed E-state index contributed by atoms with van der Waals surface area (Å²) in [4.78, 5) is 72.0. The number of ether oxygens (including phenoxy) is 2. The van der Waals surface area contributed by atoms with E-state index in [2.05, 4.69) is 15.4 Å². The number of carbonyl (C=O) groups excluding carboxylic acids is 5. The number of fused-ring (bicyclic) bond motifs is 3. The lowest BCUT2D eigenvalue weighted by Crippen LogP contribution is -2.59. The van der Waals surface area contributed by atoms with Crippen LogP contribution in [0.2, 0.25) is 0 Å². The second-order valence-electron chi connectivity index (χ2n) is 17.1. The fourth-order valence-electron chi connectivity index (χ4n) is 7.76. The molecule has 3 aliphatic heterocycles. The normalized spacial score (nSPS) is 31.4. The fourth-order valence-corrected chi connectivity index (χ4v) is 9.07. The van der Waals surface area contributed by atoms with Crippen LogP contribution in [0.3, 0.4) is 0 Å². The molecular formula is C38H58FN5O9S. The highest BCUT2D eigenvalue weighted by Gasteiger charge is 2.63. The molecule has 1 saturated heterocycles. The van der Waals surface area contributed by atoms with Crippen molar-refractivity contribution in [2.24, 2.45) is 17.8 Å². The van der Waals surface area contributed by atoms with Crippen molar-refractivity contribution in [1.29, 1.82) is 0 Å². The number of sulfonamides is 1. The number of hydrogen-bond donors (Lipinski definition) is 3. The third-order valence-electron chi connectivity index (χ3n) is 11.4. The molecule has 16 heteroatoms. The van der Waals surface area contributed by atoms with Gasteiger partial charge in [0.15, 0.2) is 0 Å². The van der Waals surface area contributed by atoms with Crippen molar-refractivity contribution in [2.75, 3.05) is 6.54 Å². The van der Waals surface area contributed by atoms with E-state index < -0.39 is 91.7 Å². The molecule has 14 nitrogen and oxygen atoms in total. The number of hydrogen-bond acceptors (Lipinski definition) is 9. The van der Waals surface area contributed by atoms with Gasteiger partial charge in [-0.15, -0.1) is 0 Å². The molecule has 3 fully saturated rings. The Kier molecular flexibility index (Phi) is 10.6. The Bertz CT molecular complexity index is 1860. The minimum absolute atomic E-state index is 0. The molecule has 1 aromatic rings. The zero-order valence-corrected chi connectivity index (χ0v) is 32.6. The molecule has 0 radical (unpaired) electrons. The van der Waals surface area contributed by atoms with Gasteiger partial charge < -0.3 is 25.0 Å². The van der Waals surface area contributed by atoms with Gasteiger partial charge in [0.25, 0.3) is 5.91 Å². The molecule has 0 unspecified atom stereocenters. The average Bonchev–Trinajstić information content (AvgIpc) is 3.86. The van der Waals surface area contributed by atoms with E-state index in [1.807, 2.05) is 26.0 Å². The van der Waals surface area contributed by atoms with Crippen molar-refractivity contribution < 1.29 is 50.5 Å². The summed E-state index contributed by atoms with van der Waals surface area (Å²) in [6.45, 7) is 10.4. The quantitative estimate of drug-likeness (QED) is 0.355. The van der Waals surface area contributed by atoms with Gasteiger partial charge in [0.2, 0.25) is 21.8 Å². The Balaban J connectivity index is 0.00000290. The maximum absolute atomic E-state index is 14.6. The van der Waals surface area contributed by atoms with Crippen LogP contribution in [0.4, 0.5) is 14.0 Å². The molecule has 2 saturated carbocycles. The van der Waals surface area contributed by atoms with Crippen LogP contribution in [0.25, 0.3) is 0 Å². The molecular weight excluding hydrogens is 722 g/mol. The minimum atomic E-state index is -4.03. The molecule has 302 valence electrons. The Morgan fingerprint density at radius 3 is 2.48 bits per heavy atom. The summed E-state index contributed by atoms with van der Waals surface area (Å²) in [6, 6.07) is 2.23. The van der Waals surface area contributed by atoms with E-state index in [1.54, 1.807) is 39.8 Å². The number of allylic oxidation sites excluding steroid dienone is 1. The lowest BCUT2D eigenvalue weighted by Gasteiger charge is -2.33. The van der Waals surface area contributed by atoms with Gasteiger partial charge in [0, 0.05) is 28.7 Å². The Labute approximate surface area is 320 Å². The van der Waals surface area contributed by atoms with Crippen LogP contribution < -0.4 is 15.4 Å². The van der Waals surface area contributed by atoms with E-state index in [9.17, 15) is 36.8 Å². The van der Waals surface area contributed by atoms with Crippen LogP contribution in [0, 0.1) is 23.6 Å². The summed E-state index contributed by atoms with van der Waals surface area (Å²) in [7, 11) is -4.03. The lowest BCUT2D eigenvalue weighted by atomic mass is 9.88. The summed E-state index contributed by atoms with van der Waals surface area (Å²) in [5, 5.41) is 5.55. The largest absolute Gasteiger partial charge is 0.444 e. The zero-order valence-electron chi connectivity index (χ0n) is 31.8. The standard InChI is InChI=1S/C38H52FN5O9S.3H2/c1-22-10-7-8-12-25-18-38(25,33(47)42-54(50,51)37(6)14-15-37)41-31(45)29-17-26(52-35(49)43-19-24-11-9-13-28(39)27(24)21-43)20-44(29)32(46)30(23(2)16-22)40-34(48)53-36(3,4)5;;;/h8-9,11-13,22-23,25-26,29-30H,7,10,14-21H2,1-6H3,(H,40,48)(H,41,45)(H,42,47);3*1H/b12-8-;;;/t22-,23+,25+,26+,29-,30-,38+;;;/m0.../s1. The van der Waals surface area contributed by atoms with E-state index in [0.717, 1.165) is 6.42 Å². The van der Waals surface area contributed by atoms with Crippen molar-refractivity contribution in [2.45, 2.75) is 134 Å². The molecule has 54 heavy (non-hydrogen) atoms. The number of amides is 5. The van der Waals surface area contributed by atoms with E-state index >= 15 is 0 Å². The highest BCUT2D eigenvalue weighted by Crippen LogP contribution is 2.47. The molecule has 3 heterocycles. The van der Waals surface area contributed by atoms with Crippen molar-refractivity contribution >= 4 is 39.9 Å². The molecule has 2 aliphatic carbocycles. The highest BCUT2D eigenvalue weighted by molar-refractivity contribution is 7.91. The molecule has 5 amide bonds. The fraction of sp³-hybridized carbons (Fsp3) is 0.658. The van der Waals surface area contributed by atoms with Gasteiger partial charge in [0.05, 0.1) is 17.8 Å². The molecule has 7 atom stereocenters. The smallest absolute Gasteiger partial charge is 0.410 e. The lowest BCUT2D eigenvalue weighted by molar-refractivity contribution is -0.142. The Morgan fingerprint density at radius 1 is 1.09 bits per heavy atom. The first-order valence-corrected chi connectivity index (χ1v) is 20.3. The van der Waals surface area contributed by atoms with Gasteiger partial charge in [-0.25, -0.2) is 22.4 Å². The maximum atomic E-state index is 14.6. The molecule has 6 rings (SSSR count). The molecule has 0 aromatic heterocycles. The van der Waals surface area contributed by atoms with Gasteiger partial charge in [-0.1, -0.05) is 38.1 Å². The van der Waals surface area contributed by atoms with Crippen molar-refractivity contribution in [3.63, 3.8) is 0 Å². The molecule has 1 aromatic carbocycles. The van der Waals surface area contributed by atoms with Gasteiger partial charge in [-0.05, 0) is 89.7 Å². The number of nitrogens with one attached hydrogen (secondary N) is 3. The monoisotopic (exact) mass is 779 g/mol. The second kappa shape index (κ2) is 14.5. The van der Waals surface area contributed by atoms with Crippen molar-refractivity contribution in [3.8, 4) is 0 Å². The molecule has 3 N–H and O–H groups in total. The maximum Gasteiger partial charge on any atom is 0.410 e. The predicted octanol–water partition coefficient (Wildman–Crippen LogP) is 4.76. The molecule has 0 spiro atoms. The first-order valence-electron chi connectivity index (χ1n) is 18.8. The third-order valence-corrected chi connectivity index (χ3v) is 13.5. The van der Waals surface area contributed by atoms with E-state index in [-0.39, 0.29) is 42.7 Å². The van der Waals surface area contributed by atoms with Crippen molar-refractivity contribution in [1.82, 2.24) is 25.2 Å². The number of rotatable bonds is 5. The first-order chi connectivity index (χ1) is 25.2. The number of halogens is 1. The van der Waals surface area contributed by atoms with E-state index in [0.29, 0.717) is 36.8 Å². The van der Waals surface area contributed by atoms with Crippen molar-refractivity contribution in [3.05, 3.63) is 47.3 Å². The number of nitrogens with zero attached hydrogens (tertiary/aromatic N) is 2. The van der Waals surface area contributed by atoms with E-state index in [4.69, 9.17) is 9.47 Å². The highest BCUT2D eigenvalue weighted by atomic mass is 32.2. The number of alkyl carbamates (subject to hydrolysis) is 1. The van der Waals surface area contributed by atoms with Crippen LogP contribution in [-0.4, -0.2) is 88.7 Å². The summed E-state index contributed by atoms with van der Waals surface area (Å²) >= 11 is 0. The predicted molar refractivity (Wildman–Crippen MR) is 201 cm³/mol. The molecule has 0 bridgehead atoms. The zero-order chi connectivity index (χ0) is 39.4.